The van der Waals surface area contributed by atoms with E-state index in [2.05, 4.69) is 15.9 Å². The number of rotatable bonds is 4. The minimum absolute atomic E-state index is 0.210. The molecule has 1 aromatic carbocycles. The number of hydrogen-bond acceptors (Lipinski definition) is 2. The molecule has 0 spiro atoms. The highest BCUT2D eigenvalue weighted by Gasteiger charge is 2.04. The van der Waals surface area contributed by atoms with Crippen LogP contribution in [0.1, 0.15) is 0 Å². The summed E-state index contributed by atoms with van der Waals surface area (Å²) in [7, 11) is 0. The molecule has 0 saturated heterocycles. The molecule has 0 aliphatic carbocycles. The van der Waals surface area contributed by atoms with Gasteiger partial charge in [0.25, 0.3) is 0 Å². The van der Waals surface area contributed by atoms with Crippen LogP contribution >= 0.6 is 39.1 Å². The van der Waals surface area contributed by atoms with Crippen LogP contribution < -0.4 is 4.74 Å². The Labute approximate surface area is 101 Å². The summed E-state index contributed by atoms with van der Waals surface area (Å²) >= 11 is 14.7. The predicted molar refractivity (Wildman–Crippen MR) is 61.8 cm³/mol. The quantitative estimate of drug-likeness (QED) is 0.866. The summed E-state index contributed by atoms with van der Waals surface area (Å²) in [6, 6.07) is 4.92. The summed E-state index contributed by atoms with van der Waals surface area (Å²) in [5.41, 5.74) is 0. The number of ether oxygens (including phenoxy) is 1. The Hall–Kier alpha value is 0.0400. The van der Waals surface area contributed by atoms with Crippen LogP contribution in [0.4, 0.5) is 0 Å². The zero-order chi connectivity index (χ0) is 10.6. The van der Waals surface area contributed by atoms with Gasteiger partial charge in [-0.1, -0.05) is 39.1 Å². The van der Waals surface area contributed by atoms with Crippen molar-refractivity contribution < 1.29 is 9.84 Å². The number of halogens is 3. The highest BCUT2D eigenvalue weighted by atomic mass is 79.9. The summed E-state index contributed by atoms with van der Waals surface area (Å²) in [6.45, 7) is 0.210. The lowest BCUT2D eigenvalue weighted by molar-refractivity contribution is 0.127. The van der Waals surface area contributed by atoms with Crippen molar-refractivity contribution in [2.24, 2.45) is 0 Å². The molecule has 0 aromatic heterocycles. The highest BCUT2D eigenvalue weighted by molar-refractivity contribution is 9.09. The van der Waals surface area contributed by atoms with Crippen molar-refractivity contribution in [1.82, 2.24) is 0 Å². The lowest BCUT2D eigenvalue weighted by atomic mass is 10.3. The van der Waals surface area contributed by atoms with Crippen LogP contribution in [0.25, 0.3) is 0 Å². The molecule has 0 saturated carbocycles. The van der Waals surface area contributed by atoms with Crippen LogP contribution in [0.2, 0.25) is 10.0 Å². The molecular formula is C9H9BrCl2O2. The minimum Gasteiger partial charge on any atom is -0.491 e. The van der Waals surface area contributed by atoms with Crippen LogP contribution in [0, 0.1) is 0 Å². The number of hydrogen-bond donors (Lipinski definition) is 1. The molecule has 0 fully saturated rings. The minimum atomic E-state index is -0.534. The van der Waals surface area contributed by atoms with E-state index in [-0.39, 0.29) is 6.61 Å². The Morgan fingerprint density at radius 2 is 1.86 bits per heavy atom. The van der Waals surface area contributed by atoms with Crippen LogP contribution in [-0.4, -0.2) is 23.1 Å². The second-order valence-electron chi connectivity index (χ2n) is 2.72. The van der Waals surface area contributed by atoms with Crippen LogP contribution in [0.3, 0.4) is 0 Å². The van der Waals surface area contributed by atoms with Gasteiger partial charge >= 0.3 is 0 Å². The summed E-state index contributed by atoms with van der Waals surface area (Å²) in [6.07, 6.45) is -0.534. The van der Waals surface area contributed by atoms with E-state index in [1.807, 2.05) is 0 Å². The number of alkyl halides is 1. The van der Waals surface area contributed by atoms with E-state index >= 15 is 0 Å². The van der Waals surface area contributed by atoms with Crippen molar-refractivity contribution in [2.45, 2.75) is 6.10 Å². The van der Waals surface area contributed by atoms with Gasteiger partial charge in [-0.05, 0) is 18.2 Å². The molecule has 0 amide bonds. The molecule has 5 heteroatoms. The smallest absolute Gasteiger partial charge is 0.122 e. The molecule has 14 heavy (non-hydrogen) atoms. The molecule has 1 unspecified atom stereocenters. The SMILES string of the molecule is OC(CBr)COc1cc(Cl)cc(Cl)c1. The van der Waals surface area contributed by atoms with E-state index in [0.29, 0.717) is 21.1 Å². The van der Waals surface area contributed by atoms with E-state index in [9.17, 15) is 5.11 Å². The normalized spacial score (nSPS) is 12.6. The maximum atomic E-state index is 9.22. The predicted octanol–water partition coefficient (Wildman–Crippen LogP) is 3.13. The second-order valence-corrected chi connectivity index (χ2v) is 4.24. The van der Waals surface area contributed by atoms with Crippen molar-refractivity contribution in [2.75, 3.05) is 11.9 Å². The maximum absolute atomic E-state index is 9.22. The van der Waals surface area contributed by atoms with E-state index in [0.717, 1.165) is 0 Å². The third kappa shape index (κ3) is 4.05. The summed E-state index contributed by atoms with van der Waals surface area (Å²) in [5.74, 6) is 0.558. The van der Waals surface area contributed by atoms with Gasteiger partial charge in [-0.25, -0.2) is 0 Å². The summed E-state index contributed by atoms with van der Waals surface area (Å²) < 4.78 is 5.27. The standard InChI is InChI=1S/C9H9BrCl2O2/c10-4-8(13)5-14-9-2-6(11)1-7(12)3-9/h1-3,8,13H,4-5H2. The Morgan fingerprint density at radius 3 is 2.36 bits per heavy atom. The summed E-state index contributed by atoms with van der Waals surface area (Å²) in [4.78, 5) is 0. The first-order valence-electron chi connectivity index (χ1n) is 3.94. The number of benzene rings is 1. The van der Waals surface area contributed by atoms with Crippen molar-refractivity contribution in [3.63, 3.8) is 0 Å². The fourth-order valence-corrected chi connectivity index (χ4v) is 1.54. The summed E-state index contributed by atoms with van der Waals surface area (Å²) in [5, 5.41) is 10.7. The third-order valence-corrected chi connectivity index (χ3v) is 2.64. The molecule has 78 valence electrons. The fourth-order valence-electron chi connectivity index (χ4n) is 0.849. The monoisotopic (exact) mass is 298 g/mol. The van der Waals surface area contributed by atoms with Crippen molar-refractivity contribution in [3.05, 3.63) is 28.2 Å². The van der Waals surface area contributed by atoms with Gasteiger partial charge in [0, 0.05) is 15.4 Å². The van der Waals surface area contributed by atoms with E-state index in [1.165, 1.54) is 0 Å². The molecule has 0 aliphatic heterocycles. The zero-order valence-corrected chi connectivity index (χ0v) is 10.3. The molecule has 1 aromatic rings. The third-order valence-electron chi connectivity index (χ3n) is 1.46. The van der Waals surface area contributed by atoms with Gasteiger partial charge in [0.15, 0.2) is 0 Å². The van der Waals surface area contributed by atoms with Crippen LogP contribution in [0.15, 0.2) is 18.2 Å². The molecule has 0 aliphatic rings. The van der Waals surface area contributed by atoms with Gasteiger partial charge in [0.1, 0.15) is 12.4 Å². The molecule has 2 nitrogen and oxygen atoms in total. The topological polar surface area (TPSA) is 29.5 Å². The van der Waals surface area contributed by atoms with Crippen LogP contribution in [0.5, 0.6) is 5.75 Å². The van der Waals surface area contributed by atoms with Crippen molar-refractivity contribution in [3.8, 4) is 5.75 Å². The Bertz CT molecular complexity index is 287. The Kier molecular flexibility index (Phi) is 5.02. The average molecular weight is 300 g/mol. The first-order chi connectivity index (χ1) is 6.61. The molecule has 1 N–H and O–H groups in total. The maximum Gasteiger partial charge on any atom is 0.122 e. The molecule has 0 radical (unpaired) electrons. The molecular weight excluding hydrogens is 291 g/mol. The van der Waals surface area contributed by atoms with Crippen molar-refractivity contribution >= 4 is 39.1 Å². The molecule has 0 heterocycles. The van der Waals surface area contributed by atoms with E-state index in [1.54, 1.807) is 18.2 Å². The van der Waals surface area contributed by atoms with Gasteiger partial charge in [-0.2, -0.15) is 0 Å². The number of aliphatic hydroxyl groups is 1. The lowest BCUT2D eigenvalue weighted by Crippen LogP contribution is -2.18. The lowest BCUT2D eigenvalue weighted by Gasteiger charge is -2.10. The molecule has 1 rings (SSSR count). The zero-order valence-electron chi connectivity index (χ0n) is 7.21. The number of aliphatic hydroxyl groups excluding tert-OH is 1. The first kappa shape index (κ1) is 12.1. The Balaban J connectivity index is 2.58. The van der Waals surface area contributed by atoms with E-state index < -0.39 is 6.10 Å². The first-order valence-corrected chi connectivity index (χ1v) is 5.82. The Morgan fingerprint density at radius 1 is 1.29 bits per heavy atom. The molecule has 1 atom stereocenters. The fraction of sp³-hybridized carbons (Fsp3) is 0.333. The van der Waals surface area contributed by atoms with Gasteiger partial charge in [-0.15, -0.1) is 0 Å². The second kappa shape index (κ2) is 5.81. The van der Waals surface area contributed by atoms with Gasteiger partial charge in [0.2, 0.25) is 0 Å². The van der Waals surface area contributed by atoms with E-state index in [4.69, 9.17) is 27.9 Å². The van der Waals surface area contributed by atoms with Gasteiger partial charge in [-0.3, -0.25) is 0 Å². The van der Waals surface area contributed by atoms with Gasteiger partial charge < -0.3 is 9.84 Å². The largest absolute Gasteiger partial charge is 0.491 e. The van der Waals surface area contributed by atoms with Crippen LogP contribution in [-0.2, 0) is 0 Å². The highest BCUT2D eigenvalue weighted by Crippen LogP contribution is 2.24. The molecule has 0 bridgehead atoms. The average Bonchev–Trinajstić information content (AvgIpc) is 2.12. The van der Waals surface area contributed by atoms with Gasteiger partial charge in [0.05, 0.1) is 6.10 Å². The van der Waals surface area contributed by atoms with Crippen molar-refractivity contribution in [1.29, 1.82) is 0 Å².